The number of nitrogens with zero attached hydrogens (tertiary/aromatic N) is 2. The standard InChI is InChI=1S/C22H22N2O3/c25-20-13-24-16-23-12-19(24)21(26-14-17-7-3-1-4-8-17)11-22(20)27-15-18-9-5-2-6-10-18/h1-12,16,20,22,25H,13-15H2/t20-,22+/m1/s1. The van der Waals surface area contributed by atoms with Gasteiger partial charge in [0.25, 0.3) is 0 Å². The number of fused-ring (bicyclic) bond motifs is 1. The molecule has 5 nitrogen and oxygen atoms in total. The normalized spacial score (nSPS) is 19.1. The lowest BCUT2D eigenvalue weighted by Crippen LogP contribution is -2.30. The van der Waals surface area contributed by atoms with Gasteiger partial charge in [-0.25, -0.2) is 4.98 Å². The Kier molecular flexibility index (Phi) is 5.32. The first kappa shape index (κ1) is 17.5. The quantitative estimate of drug-likeness (QED) is 0.730. The van der Waals surface area contributed by atoms with E-state index in [-0.39, 0.29) is 0 Å². The number of aliphatic hydroxyl groups excluding tert-OH is 1. The van der Waals surface area contributed by atoms with Gasteiger partial charge in [0, 0.05) is 0 Å². The molecule has 1 aliphatic rings. The van der Waals surface area contributed by atoms with Crippen LogP contribution in [0.4, 0.5) is 0 Å². The van der Waals surface area contributed by atoms with Gasteiger partial charge in [0.1, 0.15) is 30.3 Å². The Morgan fingerprint density at radius 3 is 2.33 bits per heavy atom. The molecule has 1 N–H and O–H groups in total. The van der Waals surface area contributed by atoms with E-state index < -0.39 is 12.2 Å². The van der Waals surface area contributed by atoms with Crippen LogP contribution in [0.25, 0.3) is 5.76 Å². The lowest BCUT2D eigenvalue weighted by Gasteiger charge is -2.19. The fraction of sp³-hybridized carbons (Fsp3) is 0.227. The number of rotatable bonds is 6. The van der Waals surface area contributed by atoms with Crippen LogP contribution in [0.15, 0.2) is 79.3 Å². The van der Waals surface area contributed by atoms with Gasteiger partial charge in [-0.1, -0.05) is 60.7 Å². The smallest absolute Gasteiger partial charge is 0.143 e. The van der Waals surface area contributed by atoms with Crippen molar-refractivity contribution in [2.45, 2.75) is 32.0 Å². The van der Waals surface area contributed by atoms with Crippen LogP contribution in [0.2, 0.25) is 0 Å². The number of aliphatic hydroxyl groups is 1. The molecule has 3 aromatic rings. The Morgan fingerprint density at radius 1 is 0.963 bits per heavy atom. The lowest BCUT2D eigenvalue weighted by molar-refractivity contribution is -0.0243. The predicted molar refractivity (Wildman–Crippen MR) is 102 cm³/mol. The summed E-state index contributed by atoms with van der Waals surface area (Å²) in [7, 11) is 0. The average Bonchev–Trinajstić information content (AvgIpc) is 3.12. The molecule has 0 radical (unpaired) electrons. The van der Waals surface area contributed by atoms with Gasteiger partial charge in [0.2, 0.25) is 0 Å². The summed E-state index contributed by atoms with van der Waals surface area (Å²) in [5.41, 5.74) is 2.99. The molecular formula is C22H22N2O3. The average molecular weight is 362 g/mol. The van der Waals surface area contributed by atoms with E-state index in [4.69, 9.17) is 9.47 Å². The van der Waals surface area contributed by atoms with Crippen molar-refractivity contribution in [1.82, 2.24) is 9.55 Å². The van der Waals surface area contributed by atoms with E-state index in [2.05, 4.69) is 4.98 Å². The molecule has 0 aliphatic carbocycles. The molecule has 0 saturated carbocycles. The van der Waals surface area contributed by atoms with E-state index in [0.717, 1.165) is 16.8 Å². The second kappa shape index (κ2) is 8.20. The third kappa shape index (κ3) is 4.27. The third-order valence-corrected chi connectivity index (χ3v) is 4.57. The number of hydrogen-bond acceptors (Lipinski definition) is 4. The van der Waals surface area contributed by atoms with Gasteiger partial charge in [0.05, 0.1) is 25.7 Å². The molecule has 2 atom stereocenters. The Morgan fingerprint density at radius 2 is 1.63 bits per heavy atom. The summed E-state index contributed by atoms with van der Waals surface area (Å²) in [6, 6.07) is 19.9. The highest BCUT2D eigenvalue weighted by atomic mass is 16.5. The van der Waals surface area contributed by atoms with Crippen molar-refractivity contribution in [2.24, 2.45) is 0 Å². The maximum atomic E-state index is 10.6. The molecule has 1 aliphatic heterocycles. The molecule has 0 fully saturated rings. The maximum absolute atomic E-state index is 10.6. The van der Waals surface area contributed by atoms with Gasteiger partial charge in [-0.2, -0.15) is 0 Å². The first-order valence-electron chi connectivity index (χ1n) is 9.02. The van der Waals surface area contributed by atoms with Crippen molar-refractivity contribution >= 4 is 5.76 Å². The topological polar surface area (TPSA) is 56.5 Å². The van der Waals surface area contributed by atoms with Gasteiger partial charge in [-0.05, 0) is 17.2 Å². The van der Waals surface area contributed by atoms with Gasteiger partial charge in [-0.3, -0.25) is 0 Å². The molecule has 0 saturated heterocycles. The molecule has 0 spiro atoms. The monoisotopic (exact) mass is 362 g/mol. The fourth-order valence-corrected chi connectivity index (χ4v) is 3.11. The molecule has 0 unspecified atom stereocenters. The highest BCUT2D eigenvalue weighted by molar-refractivity contribution is 5.57. The summed E-state index contributed by atoms with van der Waals surface area (Å²) in [4.78, 5) is 4.19. The van der Waals surface area contributed by atoms with Crippen LogP contribution < -0.4 is 0 Å². The third-order valence-electron chi connectivity index (χ3n) is 4.57. The van der Waals surface area contributed by atoms with Crippen LogP contribution >= 0.6 is 0 Å². The van der Waals surface area contributed by atoms with Crippen molar-refractivity contribution < 1.29 is 14.6 Å². The molecule has 5 heteroatoms. The van der Waals surface area contributed by atoms with Crippen LogP contribution in [0, 0.1) is 0 Å². The van der Waals surface area contributed by atoms with E-state index >= 15 is 0 Å². The Labute approximate surface area is 158 Å². The summed E-state index contributed by atoms with van der Waals surface area (Å²) >= 11 is 0. The van der Waals surface area contributed by atoms with E-state index in [0.29, 0.717) is 25.5 Å². The van der Waals surface area contributed by atoms with Crippen molar-refractivity contribution in [3.63, 3.8) is 0 Å². The van der Waals surface area contributed by atoms with E-state index in [1.807, 2.05) is 71.3 Å². The molecular weight excluding hydrogens is 340 g/mol. The molecule has 2 heterocycles. The lowest BCUT2D eigenvalue weighted by atomic mass is 10.1. The van der Waals surface area contributed by atoms with Crippen LogP contribution in [0.3, 0.4) is 0 Å². The molecule has 0 amide bonds. The predicted octanol–water partition coefficient (Wildman–Crippen LogP) is 3.40. The van der Waals surface area contributed by atoms with Crippen molar-refractivity contribution in [3.05, 3.63) is 96.1 Å². The van der Waals surface area contributed by atoms with Crippen LogP contribution in [0.5, 0.6) is 0 Å². The highest BCUT2D eigenvalue weighted by Gasteiger charge is 2.26. The molecule has 0 bridgehead atoms. The largest absolute Gasteiger partial charge is 0.487 e. The number of benzene rings is 2. The molecule has 4 rings (SSSR count). The first-order chi connectivity index (χ1) is 13.3. The highest BCUT2D eigenvalue weighted by Crippen LogP contribution is 2.25. The Balaban J connectivity index is 1.53. The van der Waals surface area contributed by atoms with Crippen LogP contribution in [-0.4, -0.2) is 26.9 Å². The Hall–Kier alpha value is -2.89. The van der Waals surface area contributed by atoms with Crippen molar-refractivity contribution in [2.75, 3.05) is 0 Å². The van der Waals surface area contributed by atoms with E-state index in [1.54, 1.807) is 12.5 Å². The summed E-state index contributed by atoms with van der Waals surface area (Å²) in [5, 5.41) is 10.6. The number of ether oxygens (including phenoxy) is 2. The molecule has 1 aromatic heterocycles. The minimum atomic E-state index is -0.681. The zero-order valence-electron chi connectivity index (χ0n) is 14.9. The molecule has 138 valence electrons. The molecule has 27 heavy (non-hydrogen) atoms. The fourth-order valence-electron chi connectivity index (χ4n) is 3.11. The number of imidazole rings is 1. The van der Waals surface area contributed by atoms with Crippen molar-refractivity contribution in [3.8, 4) is 0 Å². The second-order valence-electron chi connectivity index (χ2n) is 6.56. The summed E-state index contributed by atoms with van der Waals surface area (Å²) in [5.74, 6) is 0.672. The zero-order valence-corrected chi connectivity index (χ0v) is 14.9. The van der Waals surface area contributed by atoms with E-state index in [9.17, 15) is 5.11 Å². The Bertz CT molecular complexity index is 890. The zero-order chi connectivity index (χ0) is 18.5. The number of hydrogen-bond donors (Lipinski definition) is 1. The van der Waals surface area contributed by atoms with Gasteiger partial charge >= 0.3 is 0 Å². The minimum Gasteiger partial charge on any atom is -0.487 e. The summed E-state index contributed by atoms with van der Waals surface area (Å²) in [6.45, 7) is 1.28. The van der Waals surface area contributed by atoms with Gasteiger partial charge in [0.15, 0.2) is 0 Å². The van der Waals surface area contributed by atoms with Gasteiger partial charge < -0.3 is 19.1 Å². The van der Waals surface area contributed by atoms with Crippen LogP contribution in [-0.2, 0) is 29.2 Å². The first-order valence-corrected chi connectivity index (χ1v) is 9.02. The van der Waals surface area contributed by atoms with Crippen molar-refractivity contribution in [1.29, 1.82) is 0 Å². The summed E-state index contributed by atoms with van der Waals surface area (Å²) in [6.07, 6.45) is 4.17. The van der Waals surface area contributed by atoms with E-state index in [1.165, 1.54) is 0 Å². The van der Waals surface area contributed by atoms with Crippen LogP contribution in [0.1, 0.15) is 16.8 Å². The minimum absolute atomic E-state index is 0.406. The maximum Gasteiger partial charge on any atom is 0.143 e. The SMILES string of the molecule is O[C@@H]1Cn2cncc2C(OCc2ccccc2)=C[C@@H]1OCc1ccccc1. The van der Waals surface area contributed by atoms with Gasteiger partial charge in [-0.15, -0.1) is 0 Å². The number of aromatic nitrogens is 2. The second-order valence-corrected chi connectivity index (χ2v) is 6.56. The molecule has 2 aromatic carbocycles. The summed E-state index contributed by atoms with van der Waals surface area (Å²) < 4.78 is 14.0.